The fourth-order valence-corrected chi connectivity index (χ4v) is 2.89. The van der Waals surface area contributed by atoms with E-state index < -0.39 is 0 Å². The van der Waals surface area contributed by atoms with Gasteiger partial charge in [-0.05, 0) is 37.1 Å². The standard InChI is InChI=1S/C17H21N5/c1-2-8-19-15(3-1)10-18-9-13-11-22(12-13)17-7-6-16(20-21-17)14-4-5-14/h1-3,6-8,13-14,18H,4-5,9-12H2. The molecule has 2 fully saturated rings. The molecule has 1 saturated carbocycles. The van der Waals surface area contributed by atoms with Crippen molar-refractivity contribution in [2.75, 3.05) is 24.5 Å². The Morgan fingerprint density at radius 3 is 2.68 bits per heavy atom. The van der Waals surface area contributed by atoms with Crippen molar-refractivity contribution in [3.8, 4) is 0 Å². The lowest BCUT2D eigenvalue weighted by Gasteiger charge is -2.40. The molecule has 2 aromatic rings. The Kier molecular flexibility index (Phi) is 3.72. The Balaban J connectivity index is 1.20. The van der Waals surface area contributed by atoms with Crippen LogP contribution in [0.2, 0.25) is 0 Å². The maximum absolute atomic E-state index is 4.37. The van der Waals surface area contributed by atoms with E-state index in [1.807, 2.05) is 18.3 Å². The highest BCUT2D eigenvalue weighted by Gasteiger charge is 2.29. The van der Waals surface area contributed by atoms with Gasteiger partial charge in [0.2, 0.25) is 0 Å². The van der Waals surface area contributed by atoms with Crippen molar-refractivity contribution < 1.29 is 0 Å². The molecule has 0 bridgehead atoms. The van der Waals surface area contributed by atoms with Crippen LogP contribution in [0.4, 0.5) is 5.82 Å². The van der Waals surface area contributed by atoms with Gasteiger partial charge in [-0.25, -0.2) is 0 Å². The third-order valence-electron chi connectivity index (χ3n) is 4.41. The zero-order valence-corrected chi connectivity index (χ0v) is 12.7. The first-order valence-corrected chi connectivity index (χ1v) is 8.08. The van der Waals surface area contributed by atoms with E-state index in [0.717, 1.165) is 43.4 Å². The highest BCUT2D eigenvalue weighted by molar-refractivity contribution is 5.41. The first kappa shape index (κ1) is 13.6. The monoisotopic (exact) mass is 295 g/mol. The van der Waals surface area contributed by atoms with Crippen LogP contribution in [0.5, 0.6) is 0 Å². The fraction of sp³-hybridized carbons (Fsp3) is 0.471. The molecule has 2 aromatic heterocycles. The molecule has 1 aliphatic carbocycles. The molecule has 1 aliphatic heterocycles. The molecule has 0 spiro atoms. The van der Waals surface area contributed by atoms with Gasteiger partial charge in [0.25, 0.3) is 0 Å². The number of nitrogens with zero attached hydrogens (tertiary/aromatic N) is 4. The lowest BCUT2D eigenvalue weighted by Crippen LogP contribution is -2.51. The zero-order valence-electron chi connectivity index (χ0n) is 12.7. The summed E-state index contributed by atoms with van der Waals surface area (Å²) in [5.41, 5.74) is 2.26. The number of nitrogens with one attached hydrogen (secondary N) is 1. The summed E-state index contributed by atoms with van der Waals surface area (Å²) >= 11 is 0. The van der Waals surface area contributed by atoms with Crippen molar-refractivity contribution in [1.82, 2.24) is 20.5 Å². The van der Waals surface area contributed by atoms with Crippen LogP contribution in [0, 0.1) is 5.92 Å². The largest absolute Gasteiger partial charge is 0.354 e. The maximum atomic E-state index is 4.37. The Morgan fingerprint density at radius 2 is 2.00 bits per heavy atom. The third-order valence-corrected chi connectivity index (χ3v) is 4.41. The normalized spacial score (nSPS) is 18.3. The molecular weight excluding hydrogens is 274 g/mol. The summed E-state index contributed by atoms with van der Waals surface area (Å²) in [5.74, 6) is 2.39. The molecule has 0 amide bonds. The minimum absolute atomic E-state index is 0.682. The van der Waals surface area contributed by atoms with Crippen molar-refractivity contribution in [2.45, 2.75) is 25.3 Å². The van der Waals surface area contributed by atoms with Gasteiger partial charge in [-0.3, -0.25) is 4.98 Å². The Labute approximate surface area is 130 Å². The molecule has 0 atom stereocenters. The van der Waals surface area contributed by atoms with Gasteiger partial charge in [0.1, 0.15) is 0 Å². The van der Waals surface area contributed by atoms with E-state index in [4.69, 9.17) is 0 Å². The van der Waals surface area contributed by atoms with Gasteiger partial charge in [-0.2, -0.15) is 5.10 Å². The second-order valence-corrected chi connectivity index (χ2v) is 6.31. The van der Waals surface area contributed by atoms with Crippen molar-refractivity contribution in [3.63, 3.8) is 0 Å². The van der Waals surface area contributed by atoms with Crippen LogP contribution in [0.15, 0.2) is 36.5 Å². The molecule has 0 aromatic carbocycles. The lowest BCUT2D eigenvalue weighted by atomic mass is 10.0. The van der Waals surface area contributed by atoms with E-state index in [1.54, 1.807) is 0 Å². The van der Waals surface area contributed by atoms with Crippen LogP contribution < -0.4 is 10.2 Å². The topological polar surface area (TPSA) is 53.9 Å². The van der Waals surface area contributed by atoms with E-state index in [1.165, 1.54) is 12.8 Å². The lowest BCUT2D eigenvalue weighted by molar-refractivity contribution is 0.380. The fourth-order valence-electron chi connectivity index (χ4n) is 2.89. The second kappa shape index (κ2) is 6.01. The molecule has 0 radical (unpaired) electrons. The molecule has 5 nitrogen and oxygen atoms in total. The van der Waals surface area contributed by atoms with Crippen LogP contribution in [0.1, 0.15) is 30.1 Å². The maximum Gasteiger partial charge on any atom is 0.151 e. The van der Waals surface area contributed by atoms with Gasteiger partial charge in [0, 0.05) is 44.2 Å². The minimum atomic E-state index is 0.682. The average Bonchev–Trinajstić information content (AvgIpc) is 3.36. The quantitative estimate of drug-likeness (QED) is 0.883. The number of hydrogen-bond acceptors (Lipinski definition) is 5. The summed E-state index contributed by atoms with van der Waals surface area (Å²) in [5, 5.41) is 12.2. The van der Waals surface area contributed by atoms with Gasteiger partial charge in [-0.15, -0.1) is 5.10 Å². The number of aromatic nitrogens is 3. The van der Waals surface area contributed by atoms with E-state index in [2.05, 4.69) is 43.6 Å². The molecule has 114 valence electrons. The average molecular weight is 295 g/mol. The SMILES string of the molecule is c1ccc(CNCC2CN(c3ccc(C4CC4)nn3)C2)nc1. The summed E-state index contributed by atoms with van der Waals surface area (Å²) in [6.07, 6.45) is 4.40. The van der Waals surface area contributed by atoms with Gasteiger partial charge >= 0.3 is 0 Å². The number of anilines is 1. The molecule has 0 unspecified atom stereocenters. The zero-order chi connectivity index (χ0) is 14.8. The van der Waals surface area contributed by atoms with Gasteiger partial charge in [0.05, 0.1) is 11.4 Å². The van der Waals surface area contributed by atoms with Crippen LogP contribution in [-0.2, 0) is 6.54 Å². The smallest absolute Gasteiger partial charge is 0.151 e. The first-order chi connectivity index (χ1) is 10.9. The second-order valence-electron chi connectivity index (χ2n) is 6.31. The van der Waals surface area contributed by atoms with Crippen LogP contribution in [0.3, 0.4) is 0 Å². The highest BCUT2D eigenvalue weighted by atomic mass is 15.3. The third kappa shape index (κ3) is 3.09. The number of hydrogen-bond donors (Lipinski definition) is 1. The number of pyridine rings is 1. The Bertz CT molecular complexity index is 603. The number of rotatable bonds is 6. The predicted molar refractivity (Wildman–Crippen MR) is 85.7 cm³/mol. The van der Waals surface area contributed by atoms with Crippen LogP contribution >= 0.6 is 0 Å². The van der Waals surface area contributed by atoms with Gasteiger partial charge in [-0.1, -0.05) is 6.07 Å². The van der Waals surface area contributed by atoms with Crippen LogP contribution in [0.25, 0.3) is 0 Å². The highest BCUT2D eigenvalue weighted by Crippen LogP contribution is 2.38. The summed E-state index contributed by atoms with van der Waals surface area (Å²) in [6, 6.07) is 10.3. The molecule has 1 saturated heterocycles. The molecule has 2 aliphatic rings. The summed E-state index contributed by atoms with van der Waals surface area (Å²) in [6.45, 7) is 3.99. The molecule has 4 rings (SSSR count). The molecule has 5 heteroatoms. The minimum Gasteiger partial charge on any atom is -0.354 e. The van der Waals surface area contributed by atoms with Crippen molar-refractivity contribution in [2.24, 2.45) is 5.92 Å². The van der Waals surface area contributed by atoms with Crippen molar-refractivity contribution in [3.05, 3.63) is 47.9 Å². The molecule has 3 heterocycles. The first-order valence-electron chi connectivity index (χ1n) is 8.08. The van der Waals surface area contributed by atoms with Gasteiger partial charge < -0.3 is 10.2 Å². The molecule has 1 N–H and O–H groups in total. The Hall–Kier alpha value is -2.01. The van der Waals surface area contributed by atoms with Crippen molar-refractivity contribution in [1.29, 1.82) is 0 Å². The Morgan fingerprint density at radius 1 is 1.09 bits per heavy atom. The summed E-state index contributed by atoms with van der Waals surface area (Å²) < 4.78 is 0. The van der Waals surface area contributed by atoms with Crippen LogP contribution in [-0.4, -0.2) is 34.8 Å². The molecular formula is C17H21N5. The van der Waals surface area contributed by atoms with Crippen molar-refractivity contribution >= 4 is 5.82 Å². The van der Waals surface area contributed by atoms with E-state index in [0.29, 0.717) is 11.8 Å². The van der Waals surface area contributed by atoms with E-state index in [-0.39, 0.29) is 0 Å². The van der Waals surface area contributed by atoms with Gasteiger partial charge in [0.15, 0.2) is 5.82 Å². The molecule has 22 heavy (non-hydrogen) atoms. The summed E-state index contributed by atoms with van der Waals surface area (Å²) in [7, 11) is 0. The summed E-state index contributed by atoms with van der Waals surface area (Å²) in [4.78, 5) is 6.62. The van der Waals surface area contributed by atoms with E-state index in [9.17, 15) is 0 Å². The van der Waals surface area contributed by atoms with E-state index >= 15 is 0 Å². The predicted octanol–water partition coefficient (Wildman–Crippen LogP) is 1.97.